The van der Waals surface area contributed by atoms with Crippen molar-refractivity contribution in [2.24, 2.45) is 0 Å². The molecular weight excluding hydrogens is 308 g/mol. The van der Waals surface area contributed by atoms with E-state index in [-0.39, 0.29) is 5.56 Å². The molecule has 0 aliphatic carbocycles. The smallest absolute Gasteiger partial charge is 0.265 e. The number of rotatable bonds is 2. The van der Waals surface area contributed by atoms with E-state index < -0.39 is 0 Å². The maximum atomic E-state index is 11.6. The molecular formula is C13H11BrN4O. The maximum Gasteiger partial charge on any atom is 0.265 e. The number of H-pyrrole nitrogens is 2. The van der Waals surface area contributed by atoms with E-state index in [0.29, 0.717) is 22.4 Å². The lowest BCUT2D eigenvalue weighted by Gasteiger charge is -2.01. The Morgan fingerprint density at radius 1 is 1.16 bits per heavy atom. The predicted octanol–water partition coefficient (Wildman–Crippen LogP) is 2.31. The number of nitrogens with one attached hydrogen (secondary N) is 2. The van der Waals surface area contributed by atoms with Crippen molar-refractivity contribution in [3.8, 4) is 0 Å². The highest BCUT2D eigenvalue weighted by atomic mass is 79.9. The van der Waals surface area contributed by atoms with E-state index in [2.05, 4.69) is 35.9 Å². The number of nitrogens with zero attached hydrogens (tertiary/aromatic N) is 2. The monoisotopic (exact) mass is 318 g/mol. The second-order valence-corrected chi connectivity index (χ2v) is 5.08. The van der Waals surface area contributed by atoms with Gasteiger partial charge >= 0.3 is 0 Å². The first-order valence-corrected chi connectivity index (χ1v) is 6.61. The van der Waals surface area contributed by atoms with Crippen LogP contribution in [0, 0.1) is 6.92 Å². The molecule has 0 saturated carbocycles. The largest absolute Gasteiger partial charge is 0.342 e. The summed E-state index contributed by atoms with van der Waals surface area (Å²) in [5.74, 6) is 1.39. The zero-order valence-electron chi connectivity index (χ0n) is 10.2. The van der Waals surface area contributed by atoms with E-state index in [9.17, 15) is 4.79 Å². The molecule has 0 bridgehead atoms. The SMILES string of the molecule is Cc1nc(Cc2nc3ccccc3[nH]2)[nH]c(=O)c1Br. The normalized spacial score (nSPS) is 11.1. The summed E-state index contributed by atoms with van der Waals surface area (Å²) < 4.78 is 0.473. The van der Waals surface area contributed by atoms with Crippen LogP contribution in [0.5, 0.6) is 0 Å². The standard InChI is InChI=1S/C13H11BrN4O/c1-7-12(14)13(19)18-10(15-7)6-11-16-8-4-2-3-5-9(8)17-11/h2-5H,6H2,1H3,(H,16,17)(H,15,18,19). The number of benzene rings is 1. The van der Waals surface area contributed by atoms with Gasteiger partial charge in [-0.1, -0.05) is 12.1 Å². The number of para-hydroxylation sites is 2. The van der Waals surface area contributed by atoms with Crippen LogP contribution in [0.15, 0.2) is 33.5 Å². The second-order valence-electron chi connectivity index (χ2n) is 4.29. The summed E-state index contributed by atoms with van der Waals surface area (Å²) in [5, 5.41) is 0. The number of aryl methyl sites for hydroxylation is 1. The Balaban J connectivity index is 1.99. The Morgan fingerprint density at radius 2 is 1.89 bits per heavy atom. The average Bonchev–Trinajstić information content (AvgIpc) is 2.78. The van der Waals surface area contributed by atoms with Crippen LogP contribution in [0.4, 0.5) is 0 Å². The van der Waals surface area contributed by atoms with Crippen molar-refractivity contribution in [2.45, 2.75) is 13.3 Å². The van der Waals surface area contributed by atoms with Crippen molar-refractivity contribution in [3.05, 3.63) is 56.4 Å². The molecule has 0 amide bonds. The van der Waals surface area contributed by atoms with Crippen LogP contribution in [-0.2, 0) is 6.42 Å². The van der Waals surface area contributed by atoms with Crippen molar-refractivity contribution in [1.82, 2.24) is 19.9 Å². The zero-order valence-corrected chi connectivity index (χ0v) is 11.8. The van der Waals surface area contributed by atoms with Gasteiger partial charge in [-0.05, 0) is 35.0 Å². The van der Waals surface area contributed by atoms with Crippen molar-refractivity contribution >= 4 is 27.0 Å². The molecule has 0 atom stereocenters. The van der Waals surface area contributed by atoms with Gasteiger partial charge in [-0.25, -0.2) is 9.97 Å². The highest BCUT2D eigenvalue weighted by Gasteiger charge is 2.08. The molecule has 96 valence electrons. The van der Waals surface area contributed by atoms with Crippen LogP contribution in [0.1, 0.15) is 17.3 Å². The first kappa shape index (κ1) is 12.1. The molecule has 0 saturated heterocycles. The Labute approximate surface area is 117 Å². The fraction of sp³-hybridized carbons (Fsp3) is 0.154. The molecule has 2 aromatic heterocycles. The van der Waals surface area contributed by atoms with Gasteiger partial charge in [0.05, 0.1) is 23.1 Å². The molecule has 0 fully saturated rings. The third-order valence-corrected chi connectivity index (χ3v) is 3.78. The maximum absolute atomic E-state index is 11.6. The highest BCUT2D eigenvalue weighted by molar-refractivity contribution is 9.10. The molecule has 2 N–H and O–H groups in total. The Hall–Kier alpha value is -1.95. The van der Waals surface area contributed by atoms with Crippen LogP contribution in [0.2, 0.25) is 0 Å². The molecule has 0 spiro atoms. The molecule has 0 unspecified atom stereocenters. The van der Waals surface area contributed by atoms with Gasteiger partial charge in [0.25, 0.3) is 5.56 Å². The van der Waals surface area contributed by atoms with Gasteiger partial charge in [0, 0.05) is 0 Å². The van der Waals surface area contributed by atoms with E-state index >= 15 is 0 Å². The van der Waals surface area contributed by atoms with Crippen LogP contribution >= 0.6 is 15.9 Å². The first-order chi connectivity index (χ1) is 9.13. The van der Waals surface area contributed by atoms with E-state index in [1.807, 2.05) is 24.3 Å². The van der Waals surface area contributed by atoms with Gasteiger partial charge in [-0.15, -0.1) is 0 Å². The van der Waals surface area contributed by atoms with E-state index in [0.717, 1.165) is 16.9 Å². The third-order valence-electron chi connectivity index (χ3n) is 2.85. The summed E-state index contributed by atoms with van der Waals surface area (Å²) in [4.78, 5) is 26.4. The summed E-state index contributed by atoms with van der Waals surface area (Å²) >= 11 is 3.20. The van der Waals surface area contributed by atoms with Crippen molar-refractivity contribution in [3.63, 3.8) is 0 Å². The van der Waals surface area contributed by atoms with Crippen LogP contribution in [0.3, 0.4) is 0 Å². The quantitative estimate of drug-likeness (QED) is 0.761. The topological polar surface area (TPSA) is 74.4 Å². The lowest BCUT2D eigenvalue weighted by Crippen LogP contribution is -2.14. The van der Waals surface area contributed by atoms with Crippen molar-refractivity contribution < 1.29 is 0 Å². The second kappa shape index (κ2) is 4.62. The van der Waals surface area contributed by atoms with Crippen LogP contribution < -0.4 is 5.56 Å². The van der Waals surface area contributed by atoms with Gasteiger partial charge in [-0.2, -0.15) is 0 Å². The number of halogens is 1. The fourth-order valence-electron chi connectivity index (χ4n) is 1.96. The molecule has 3 aromatic rings. The molecule has 5 nitrogen and oxygen atoms in total. The lowest BCUT2D eigenvalue weighted by molar-refractivity contribution is 0.878. The van der Waals surface area contributed by atoms with E-state index in [1.54, 1.807) is 6.92 Å². The van der Waals surface area contributed by atoms with E-state index in [1.165, 1.54) is 0 Å². The predicted molar refractivity (Wildman–Crippen MR) is 76.2 cm³/mol. The van der Waals surface area contributed by atoms with Gasteiger partial charge in [-0.3, -0.25) is 4.79 Å². The van der Waals surface area contributed by atoms with Gasteiger partial charge < -0.3 is 9.97 Å². The number of aromatic amines is 2. The van der Waals surface area contributed by atoms with Crippen molar-refractivity contribution in [2.75, 3.05) is 0 Å². The first-order valence-electron chi connectivity index (χ1n) is 5.82. The molecule has 6 heteroatoms. The summed E-state index contributed by atoms with van der Waals surface area (Å²) in [6.45, 7) is 1.79. The molecule has 19 heavy (non-hydrogen) atoms. The molecule has 3 rings (SSSR count). The Bertz CT molecular complexity index is 773. The molecule has 0 aliphatic heterocycles. The molecule has 0 radical (unpaired) electrons. The minimum atomic E-state index is -0.168. The van der Waals surface area contributed by atoms with Crippen molar-refractivity contribution in [1.29, 1.82) is 0 Å². The highest BCUT2D eigenvalue weighted by Crippen LogP contribution is 2.13. The fourth-order valence-corrected chi connectivity index (χ4v) is 2.15. The lowest BCUT2D eigenvalue weighted by atomic mass is 10.3. The number of hydrogen-bond donors (Lipinski definition) is 2. The van der Waals surface area contributed by atoms with Gasteiger partial charge in [0.2, 0.25) is 0 Å². The Kier molecular flexibility index (Phi) is 2.94. The summed E-state index contributed by atoms with van der Waals surface area (Å²) in [6, 6.07) is 7.80. The third kappa shape index (κ3) is 2.31. The Morgan fingerprint density at radius 3 is 2.63 bits per heavy atom. The number of fused-ring (bicyclic) bond motifs is 1. The summed E-state index contributed by atoms with van der Waals surface area (Å²) in [7, 11) is 0. The number of imidazole rings is 1. The minimum absolute atomic E-state index is 0.168. The average molecular weight is 319 g/mol. The molecule has 0 aliphatic rings. The summed E-state index contributed by atoms with van der Waals surface area (Å²) in [6.07, 6.45) is 0.470. The minimum Gasteiger partial charge on any atom is -0.342 e. The van der Waals surface area contributed by atoms with Crippen LogP contribution in [0.25, 0.3) is 11.0 Å². The number of hydrogen-bond acceptors (Lipinski definition) is 3. The van der Waals surface area contributed by atoms with E-state index in [4.69, 9.17) is 0 Å². The van der Waals surface area contributed by atoms with Gasteiger partial charge in [0.1, 0.15) is 16.1 Å². The zero-order chi connectivity index (χ0) is 13.4. The number of aromatic nitrogens is 4. The summed E-state index contributed by atoms with van der Waals surface area (Å²) in [5.41, 5.74) is 2.40. The molecule has 1 aromatic carbocycles. The van der Waals surface area contributed by atoms with Crippen LogP contribution in [-0.4, -0.2) is 19.9 Å². The molecule has 2 heterocycles. The van der Waals surface area contributed by atoms with Gasteiger partial charge in [0.15, 0.2) is 0 Å².